The summed E-state index contributed by atoms with van der Waals surface area (Å²) in [4.78, 5) is 10.7. The number of aromatic nitrogens is 3. The van der Waals surface area contributed by atoms with Gasteiger partial charge < -0.3 is 4.42 Å². The SMILES string of the molecule is CC1(C)c2ccccc2-c2ccc(-c3nc(-n4c5ccccc5c5cc(-c6ccc(-c7ccc8oc9ccccc9c8c7)cc6)ccc54)nc4ccccc34)cc21. The maximum Gasteiger partial charge on any atom is 0.235 e. The van der Waals surface area contributed by atoms with E-state index in [0.717, 1.165) is 60.7 Å². The van der Waals surface area contributed by atoms with Gasteiger partial charge in [0.15, 0.2) is 0 Å². The lowest BCUT2D eigenvalue weighted by molar-refractivity contribution is 0.660. The van der Waals surface area contributed by atoms with E-state index in [9.17, 15) is 0 Å². The van der Waals surface area contributed by atoms with E-state index in [1.807, 2.05) is 12.1 Å². The van der Waals surface area contributed by atoms with E-state index in [1.165, 1.54) is 49.7 Å². The second-order valence-corrected chi connectivity index (χ2v) is 15.8. The van der Waals surface area contributed by atoms with Crippen LogP contribution >= 0.6 is 0 Å². The molecule has 0 aliphatic heterocycles. The lowest BCUT2D eigenvalue weighted by Crippen LogP contribution is -2.15. The fourth-order valence-corrected chi connectivity index (χ4v) is 9.36. The highest BCUT2D eigenvalue weighted by molar-refractivity contribution is 6.11. The Morgan fingerprint density at radius 3 is 1.86 bits per heavy atom. The van der Waals surface area contributed by atoms with Crippen molar-refractivity contribution in [1.29, 1.82) is 0 Å². The van der Waals surface area contributed by atoms with Crippen LogP contribution in [0.2, 0.25) is 0 Å². The quantitative estimate of drug-likeness (QED) is 0.181. The Kier molecular flexibility index (Phi) is 6.65. The Morgan fingerprint density at radius 1 is 0.421 bits per heavy atom. The van der Waals surface area contributed by atoms with Gasteiger partial charge in [0.1, 0.15) is 11.2 Å². The van der Waals surface area contributed by atoms with Crippen LogP contribution < -0.4 is 0 Å². The molecule has 57 heavy (non-hydrogen) atoms. The van der Waals surface area contributed by atoms with Gasteiger partial charge in [0.05, 0.1) is 22.2 Å². The van der Waals surface area contributed by atoms with E-state index in [0.29, 0.717) is 5.95 Å². The van der Waals surface area contributed by atoms with Crippen molar-refractivity contribution in [2.45, 2.75) is 19.3 Å². The first-order valence-electron chi connectivity index (χ1n) is 19.6. The Balaban J connectivity index is 0.969. The molecule has 4 nitrogen and oxygen atoms in total. The number of fused-ring (bicyclic) bond motifs is 10. The van der Waals surface area contributed by atoms with Gasteiger partial charge in [0.2, 0.25) is 5.95 Å². The Morgan fingerprint density at radius 2 is 1.02 bits per heavy atom. The predicted molar refractivity (Wildman–Crippen MR) is 235 cm³/mol. The molecular weight excluding hydrogens is 695 g/mol. The second-order valence-electron chi connectivity index (χ2n) is 15.8. The molecule has 8 aromatic carbocycles. The molecule has 268 valence electrons. The highest BCUT2D eigenvalue weighted by Gasteiger charge is 2.35. The van der Waals surface area contributed by atoms with E-state index in [1.54, 1.807) is 0 Å². The van der Waals surface area contributed by atoms with E-state index in [2.05, 4.69) is 182 Å². The van der Waals surface area contributed by atoms with Crippen molar-refractivity contribution in [2.75, 3.05) is 0 Å². The Hall–Kier alpha value is -7.30. The zero-order valence-corrected chi connectivity index (χ0v) is 31.5. The lowest BCUT2D eigenvalue weighted by Gasteiger charge is -2.22. The minimum Gasteiger partial charge on any atom is -0.456 e. The van der Waals surface area contributed by atoms with Crippen LogP contribution in [0.1, 0.15) is 25.0 Å². The van der Waals surface area contributed by atoms with Crippen LogP contribution in [0.5, 0.6) is 0 Å². The summed E-state index contributed by atoms with van der Waals surface area (Å²) in [6, 6.07) is 63.0. The number of furan rings is 1. The molecule has 0 amide bonds. The molecule has 4 heteroatoms. The summed E-state index contributed by atoms with van der Waals surface area (Å²) < 4.78 is 8.32. The first kappa shape index (κ1) is 32.0. The highest BCUT2D eigenvalue weighted by Crippen LogP contribution is 2.50. The van der Waals surface area contributed by atoms with Gasteiger partial charge in [-0.25, -0.2) is 9.97 Å². The van der Waals surface area contributed by atoms with Crippen LogP contribution in [0.3, 0.4) is 0 Å². The molecule has 3 aromatic heterocycles. The largest absolute Gasteiger partial charge is 0.456 e. The molecule has 0 saturated carbocycles. The number of rotatable bonds is 4. The van der Waals surface area contributed by atoms with Gasteiger partial charge in [-0.05, 0) is 93.0 Å². The zero-order chi connectivity index (χ0) is 37.8. The van der Waals surface area contributed by atoms with Crippen molar-refractivity contribution in [3.8, 4) is 50.6 Å². The first-order chi connectivity index (χ1) is 28.0. The van der Waals surface area contributed by atoms with Crippen LogP contribution in [-0.4, -0.2) is 14.5 Å². The monoisotopic (exact) mass is 729 g/mol. The third kappa shape index (κ3) is 4.74. The standard InChI is InChI=1S/C53H35N3O/c1-53(2)44-15-7-3-11-37(44)38-26-23-36(31-45(38)53)51-41-14-4-8-16-46(41)54-52(55-51)56-47-17-9-5-12-39(47)42-29-34(24-27-48(42)56)32-19-21-33(22-20-32)35-25-28-50-43(30-35)40-13-6-10-18-49(40)57-50/h3-31H,1-2H3. The van der Waals surface area contributed by atoms with Crippen LogP contribution in [-0.2, 0) is 5.41 Å². The van der Waals surface area contributed by atoms with Crippen LogP contribution in [0.4, 0.5) is 0 Å². The van der Waals surface area contributed by atoms with Crippen molar-refractivity contribution in [3.05, 3.63) is 187 Å². The molecule has 0 bridgehead atoms. The number of hydrogen-bond donors (Lipinski definition) is 0. The van der Waals surface area contributed by atoms with Crippen molar-refractivity contribution in [1.82, 2.24) is 14.5 Å². The number of hydrogen-bond acceptors (Lipinski definition) is 3. The molecule has 0 atom stereocenters. The van der Waals surface area contributed by atoms with E-state index in [-0.39, 0.29) is 5.41 Å². The minimum absolute atomic E-state index is 0.109. The van der Waals surface area contributed by atoms with Crippen LogP contribution in [0.15, 0.2) is 180 Å². The van der Waals surface area contributed by atoms with Gasteiger partial charge in [0.25, 0.3) is 0 Å². The van der Waals surface area contributed by atoms with Gasteiger partial charge in [-0.1, -0.05) is 141 Å². The molecule has 0 radical (unpaired) electrons. The van der Waals surface area contributed by atoms with Gasteiger partial charge >= 0.3 is 0 Å². The molecule has 3 heterocycles. The molecule has 1 aliphatic rings. The predicted octanol–water partition coefficient (Wildman–Crippen LogP) is 13.9. The lowest BCUT2D eigenvalue weighted by atomic mass is 9.82. The Bertz CT molecular complexity index is 3440. The summed E-state index contributed by atoms with van der Waals surface area (Å²) in [5.41, 5.74) is 16.8. The molecule has 11 aromatic rings. The minimum atomic E-state index is -0.109. The number of para-hydroxylation sites is 3. The third-order valence-corrected chi connectivity index (χ3v) is 12.2. The van der Waals surface area contributed by atoms with Crippen molar-refractivity contribution in [2.24, 2.45) is 0 Å². The van der Waals surface area contributed by atoms with Crippen molar-refractivity contribution >= 4 is 54.6 Å². The van der Waals surface area contributed by atoms with Gasteiger partial charge in [-0.15, -0.1) is 0 Å². The van der Waals surface area contributed by atoms with Crippen LogP contribution in [0.25, 0.3) is 105 Å². The smallest absolute Gasteiger partial charge is 0.235 e. The second kappa shape index (κ2) is 11.8. The molecule has 0 fully saturated rings. The average molecular weight is 730 g/mol. The number of benzene rings is 8. The van der Waals surface area contributed by atoms with Crippen LogP contribution in [0, 0.1) is 0 Å². The van der Waals surface area contributed by atoms with Gasteiger partial charge in [-0.2, -0.15) is 0 Å². The molecule has 0 saturated heterocycles. The maximum atomic E-state index is 6.08. The van der Waals surface area contributed by atoms with Gasteiger partial charge in [-0.3, -0.25) is 4.57 Å². The third-order valence-electron chi connectivity index (χ3n) is 12.2. The summed E-state index contributed by atoms with van der Waals surface area (Å²) in [6.07, 6.45) is 0. The maximum absolute atomic E-state index is 6.08. The summed E-state index contributed by atoms with van der Waals surface area (Å²) in [5.74, 6) is 0.664. The summed E-state index contributed by atoms with van der Waals surface area (Å²) in [5, 5.41) is 5.65. The molecular formula is C53H35N3O. The summed E-state index contributed by atoms with van der Waals surface area (Å²) in [6.45, 7) is 4.66. The van der Waals surface area contributed by atoms with E-state index in [4.69, 9.17) is 14.4 Å². The fraction of sp³-hybridized carbons (Fsp3) is 0.0566. The Labute approximate surface area is 329 Å². The zero-order valence-electron chi connectivity index (χ0n) is 31.5. The van der Waals surface area contributed by atoms with E-state index < -0.39 is 0 Å². The van der Waals surface area contributed by atoms with Crippen molar-refractivity contribution in [3.63, 3.8) is 0 Å². The van der Waals surface area contributed by atoms with Gasteiger partial charge in [0, 0.05) is 37.9 Å². The van der Waals surface area contributed by atoms with Crippen molar-refractivity contribution < 1.29 is 4.42 Å². The molecule has 0 spiro atoms. The number of nitrogens with zero attached hydrogens (tertiary/aromatic N) is 3. The van der Waals surface area contributed by atoms with E-state index >= 15 is 0 Å². The molecule has 0 N–H and O–H groups in total. The fourth-order valence-electron chi connectivity index (χ4n) is 9.36. The topological polar surface area (TPSA) is 43.9 Å². The molecule has 1 aliphatic carbocycles. The normalized spacial score (nSPS) is 13.2. The molecule has 0 unspecified atom stereocenters. The average Bonchev–Trinajstić information content (AvgIpc) is 3.88. The summed E-state index contributed by atoms with van der Waals surface area (Å²) >= 11 is 0. The highest BCUT2D eigenvalue weighted by atomic mass is 16.3. The first-order valence-corrected chi connectivity index (χ1v) is 19.6. The summed E-state index contributed by atoms with van der Waals surface area (Å²) in [7, 11) is 0. The molecule has 12 rings (SSSR count).